The summed E-state index contributed by atoms with van der Waals surface area (Å²) >= 11 is 5.78. The molecule has 0 spiro atoms. The maximum atomic E-state index is 13.1. The number of benzene rings is 1. The number of nitrogens with zero attached hydrogens (tertiary/aromatic N) is 3. The molecule has 1 aliphatic heterocycles. The third-order valence-electron chi connectivity index (χ3n) is 4.75. The number of carbonyl (C=O) groups is 1. The molecule has 0 unspecified atom stereocenters. The van der Waals surface area contributed by atoms with Crippen LogP contribution in [0.25, 0.3) is 0 Å². The summed E-state index contributed by atoms with van der Waals surface area (Å²) in [6.45, 7) is 0.810. The van der Waals surface area contributed by atoms with E-state index in [-0.39, 0.29) is 16.9 Å². The van der Waals surface area contributed by atoms with Gasteiger partial charge in [-0.15, -0.1) is 0 Å². The van der Waals surface area contributed by atoms with Crippen molar-refractivity contribution in [3.63, 3.8) is 0 Å². The van der Waals surface area contributed by atoms with Gasteiger partial charge in [-0.05, 0) is 49.1 Å². The van der Waals surface area contributed by atoms with Gasteiger partial charge in [0.25, 0.3) is 0 Å². The molecule has 1 aromatic heterocycles. The van der Waals surface area contributed by atoms with Gasteiger partial charge in [-0.1, -0.05) is 23.7 Å². The average Bonchev–Trinajstić information content (AvgIpc) is 3.17. The second-order valence-electron chi connectivity index (χ2n) is 6.74. The summed E-state index contributed by atoms with van der Waals surface area (Å²) in [6.07, 6.45) is -2.76. The van der Waals surface area contributed by atoms with E-state index >= 15 is 0 Å². The van der Waals surface area contributed by atoms with Gasteiger partial charge in [0, 0.05) is 13.1 Å². The highest BCUT2D eigenvalue weighted by atomic mass is 35.5. The standard InChI is InChI=1S/C20H18ClF3N4O/c21-17-10-15(20(22,23)24)11-18(27-17)28-9-1-2-16(28)19(29)26-8-7-13-3-5-14(12-25)6-4-13/h3-6,10-11,16H,1-2,7-9H2,(H,26,29)/t16-/m0/s1. The Bertz CT molecular complexity index is 925. The average molecular weight is 423 g/mol. The predicted octanol–water partition coefficient (Wildman–Crippen LogP) is 3.95. The number of carbonyl (C=O) groups excluding carboxylic acids is 1. The molecule has 29 heavy (non-hydrogen) atoms. The molecule has 3 rings (SSSR count). The fourth-order valence-corrected chi connectivity index (χ4v) is 3.51. The largest absolute Gasteiger partial charge is 0.416 e. The summed E-state index contributed by atoms with van der Waals surface area (Å²) in [5.41, 5.74) is 0.643. The van der Waals surface area contributed by atoms with Crippen molar-refractivity contribution in [3.8, 4) is 6.07 Å². The quantitative estimate of drug-likeness (QED) is 0.741. The highest BCUT2D eigenvalue weighted by Crippen LogP contribution is 2.34. The number of aromatic nitrogens is 1. The Hall–Kier alpha value is -2.79. The first-order valence-electron chi connectivity index (χ1n) is 9.06. The SMILES string of the molecule is N#Cc1ccc(CCNC(=O)[C@@H]2CCCN2c2cc(C(F)(F)F)cc(Cl)n2)cc1. The molecule has 2 heterocycles. The minimum atomic E-state index is -4.54. The molecule has 1 aromatic carbocycles. The summed E-state index contributed by atoms with van der Waals surface area (Å²) in [5, 5.41) is 11.4. The summed E-state index contributed by atoms with van der Waals surface area (Å²) in [6, 6.07) is 10.2. The lowest BCUT2D eigenvalue weighted by Gasteiger charge is -2.25. The van der Waals surface area contributed by atoms with Crippen LogP contribution in [0.1, 0.15) is 29.5 Å². The molecule has 5 nitrogen and oxygen atoms in total. The van der Waals surface area contributed by atoms with Crippen molar-refractivity contribution in [2.75, 3.05) is 18.0 Å². The molecule has 0 aliphatic carbocycles. The van der Waals surface area contributed by atoms with Crippen LogP contribution < -0.4 is 10.2 Å². The van der Waals surface area contributed by atoms with Crippen LogP contribution in [0.5, 0.6) is 0 Å². The Labute approximate surface area is 171 Å². The Balaban J connectivity index is 1.65. The van der Waals surface area contributed by atoms with Crippen molar-refractivity contribution < 1.29 is 18.0 Å². The van der Waals surface area contributed by atoms with Crippen molar-refractivity contribution in [1.29, 1.82) is 5.26 Å². The van der Waals surface area contributed by atoms with Crippen molar-refractivity contribution in [3.05, 3.63) is 58.2 Å². The van der Waals surface area contributed by atoms with Crippen LogP contribution in [0, 0.1) is 11.3 Å². The van der Waals surface area contributed by atoms with Crippen LogP contribution in [0.15, 0.2) is 36.4 Å². The minimum absolute atomic E-state index is 0.0505. The van der Waals surface area contributed by atoms with Crippen LogP contribution in [-0.2, 0) is 17.4 Å². The maximum absolute atomic E-state index is 13.1. The molecule has 2 aromatic rings. The third kappa shape index (κ3) is 5.18. The maximum Gasteiger partial charge on any atom is 0.416 e. The first kappa shape index (κ1) is 20.9. The van der Waals surface area contributed by atoms with E-state index < -0.39 is 17.8 Å². The Morgan fingerprint density at radius 3 is 2.69 bits per heavy atom. The summed E-state index contributed by atoms with van der Waals surface area (Å²) in [7, 11) is 0. The molecule has 1 N–H and O–H groups in total. The van der Waals surface area contributed by atoms with Crippen LogP contribution in [0.4, 0.5) is 19.0 Å². The van der Waals surface area contributed by atoms with Gasteiger partial charge in [0.15, 0.2) is 0 Å². The molecule has 1 amide bonds. The van der Waals surface area contributed by atoms with Gasteiger partial charge < -0.3 is 10.2 Å². The molecular formula is C20H18ClF3N4O. The van der Waals surface area contributed by atoms with Crippen LogP contribution >= 0.6 is 11.6 Å². The van der Waals surface area contributed by atoms with E-state index in [0.717, 1.165) is 17.7 Å². The highest BCUT2D eigenvalue weighted by Gasteiger charge is 2.35. The topological polar surface area (TPSA) is 69.0 Å². The zero-order valence-corrected chi connectivity index (χ0v) is 16.1. The summed E-state index contributed by atoms with van der Waals surface area (Å²) in [4.78, 5) is 18.2. The molecule has 0 bridgehead atoms. The predicted molar refractivity (Wildman–Crippen MR) is 102 cm³/mol. The number of nitriles is 1. The molecular weight excluding hydrogens is 405 g/mol. The Morgan fingerprint density at radius 1 is 1.31 bits per heavy atom. The van der Waals surface area contributed by atoms with E-state index in [1.807, 2.05) is 18.2 Å². The van der Waals surface area contributed by atoms with Crippen molar-refractivity contribution in [2.24, 2.45) is 0 Å². The summed E-state index contributed by atoms with van der Waals surface area (Å²) < 4.78 is 39.2. The van der Waals surface area contributed by atoms with E-state index in [9.17, 15) is 18.0 Å². The van der Waals surface area contributed by atoms with Crippen LogP contribution in [0.2, 0.25) is 5.15 Å². The fourth-order valence-electron chi connectivity index (χ4n) is 3.30. The number of pyridine rings is 1. The van der Waals surface area contributed by atoms with E-state index in [0.29, 0.717) is 37.9 Å². The molecule has 1 fully saturated rings. The lowest BCUT2D eigenvalue weighted by molar-refractivity contribution is -0.137. The minimum Gasteiger partial charge on any atom is -0.354 e. The number of nitrogens with one attached hydrogen (secondary N) is 1. The molecule has 9 heteroatoms. The number of rotatable bonds is 5. The first-order chi connectivity index (χ1) is 13.8. The normalized spacial score (nSPS) is 16.5. The molecule has 1 saturated heterocycles. The number of alkyl halides is 3. The number of amides is 1. The molecule has 152 valence electrons. The number of anilines is 1. The van der Waals surface area contributed by atoms with Gasteiger partial charge in [-0.2, -0.15) is 18.4 Å². The Kier molecular flexibility index (Phi) is 6.28. The Morgan fingerprint density at radius 2 is 2.03 bits per heavy atom. The third-order valence-corrected chi connectivity index (χ3v) is 4.95. The second kappa shape index (κ2) is 8.70. The summed E-state index contributed by atoms with van der Waals surface area (Å²) in [5.74, 6) is -0.207. The van der Waals surface area contributed by atoms with Crippen molar-refractivity contribution in [1.82, 2.24) is 10.3 Å². The van der Waals surface area contributed by atoms with Gasteiger partial charge in [0.05, 0.1) is 17.2 Å². The monoisotopic (exact) mass is 422 g/mol. The van der Waals surface area contributed by atoms with Gasteiger partial charge in [0.1, 0.15) is 17.0 Å². The van der Waals surface area contributed by atoms with Gasteiger partial charge in [-0.3, -0.25) is 4.79 Å². The van der Waals surface area contributed by atoms with Crippen LogP contribution in [0.3, 0.4) is 0 Å². The molecule has 1 aliphatic rings. The van der Waals surface area contributed by atoms with Gasteiger partial charge >= 0.3 is 6.18 Å². The van der Waals surface area contributed by atoms with E-state index in [1.54, 1.807) is 17.0 Å². The zero-order valence-electron chi connectivity index (χ0n) is 15.3. The van der Waals surface area contributed by atoms with E-state index in [1.165, 1.54) is 0 Å². The van der Waals surface area contributed by atoms with E-state index in [2.05, 4.69) is 10.3 Å². The molecule has 1 atom stereocenters. The van der Waals surface area contributed by atoms with Gasteiger partial charge in [-0.25, -0.2) is 4.98 Å². The number of hydrogen-bond donors (Lipinski definition) is 1. The lowest BCUT2D eigenvalue weighted by Crippen LogP contribution is -2.44. The smallest absolute Gasteiger partial charge is 0.354 e. The first-order valence-corrected chi connectivity index (χ1v) is 9.44. The highest BCUT2D eigenvalue weighted by molar-refractivity contribution is 6.29. The number of halogens is 4. The van der Waals surface area contributed by atoms with Crippen LogP contribution in [-0.4, -0.2) is 30.0 Å². The second-order valence-corrected chi connectivity index (χ2v) is 7.12. The fraction of sp³-hybridized carbons (Fsp3) is 0.350. The zero-order chi connectivity index (χ0) is 21.0. The molecule has 0 saturated carbocycles. The van der Waals surface area contributed by atoms with Crippen molar-refractivity contribution in [2.45, 2.75) is 31.5 Å². The molecule has 0 radical (unpaired) electrons. The van der Waals surface area contributed by atoms with Gasteiger partial charge in [0.2, 0.25) is 5.91 Å². The number of hydrogen-bond acceptors (Lipinski definition) is 4. The van der Waals surface area contributed by atoms with Crippen molar-refractivity contribution >= 4 is 23.3 Å². The lowest BCUT2D eigenvalue weighted by atomic mass is 10.1. The van der Waals surface area contributed by atoms with E-state index in [4.69, 9.17) is 16.9 Å².